The lowest BCUT2D eigenvalue weighted by Gasteiger charge is -2.56. The van der Waals surface area contributed by atoms with Crippen molar-refractivity contribution in [2.75, 3.05) is 31.6 Å². The summed E-state index contributed by atoms with van der Waals surface area (Å²) in [6.45, 7) is 9.30. The number of benzene rings is 1. The van der Waals surface area contributed by atoms with E-state index in [-0.39, 0.29) is 42.0 Å². The molecule has 6 rings (SSSR count). The number of halogens is 1. The Kier molecular flexibility index (Phi) is 12.9. The molecule has 1 aromatic carbocycles. The van der Waals surface area contributed by atoms with E-state index >= 15 is 0 Å². The highest BCUT2D eigenvalue weighted by Crippen LogP contribution is 2.67. The zero-order valence-corrected chi connectivity index (χ0v) is 32.7. The molecule has 7 atom stereocenters. The Hall–Kier alpha value is -3.41. The molecule has 1 aromatic heterocycles. The molecule has 8 nitrogen and oxygen atoms in total. The number of terminal acetylenes is 1. The van der Waals surface area contributed by atoms with Crippen molar-refractivity contribution in [2.45, 2.75) is 122 Å². The summed E-state index contributed by atoms with van der Waals surface area (Å²) in [5, 5.41) is 5.35. The van der Waals surface area contributed by atoms with Crippen LogP contribution < -0.4 is 5.32 Å². The Morgan fingerprint density at radius 1 is 1.06 bits per heavy atom. The van der Waals surface area contributed by atoms with Gasteiger partial charge in [0.15, 0.2) is 11.4 Å². The third-order valence-corrected chi connectivity index (χ3v) is 13.6. The Labute approximate surface area is 321 Å². The number of allylic oxidation sites excluding steroid dienone is 1. The number of hydrogen-bond acceptors (Lipinski definition) is 8. The Bertz CT molecular complexity index is 1720. The molecule has 53 heavy (non-hydrogen) atoms. The maximum Gasteiger partial charge on any atom is 0.307 e. The highest BCUT2D eigenvalue weighted by Gasteiger charge is 2.65. The van der Waals surface area contributed by atoms with Crippen LogP contribution in [0.25, 0.3) is 10.9 Å². The van der Waals surface area contributed by atoms with Crippen molar-refractivity contribution in [2.24, 2.45) is 29.1 Å². The van der Waals surface area contributed by atoms with Crippen LogP contribution in [0.3, 0.4) is 0 Å². The normalized spacial score (nSPS) is 28.3. The monoisotopic (exact) mass is 743 g/mol. The van der Waals surface area contributed by atoms with Crippen LogP contribution in [0.4, 0.5) is 5.69 Å². The number of ether oxygens (including phenoxy) is 2. The highest BCUT2D eigenvalue weighted by atomic mass is 35.5. The van der Waals surface area contributed by atoms with Crippen LogP contribution in [0.5, 0.6) is 0 Å². The van der Waals surface area contributed by atoms with Crippen molar-refractivity contribution in [1.29, 1.82) is 0 Å². The quantitative estimate of drug-likeness (QED) is 0.135. The lowest BCUT2D eigenvalue weighted by molar-refractivity contribution is -0.173. The fourth-order valence-corrected chi connectivity index (χ4v) is 10.9. The number of nitrogens with zero attached hydrogens (tertiary/aromatic N) is 2. The van der Waals surface area contributed by atoms with E-state index in [0.29, 0.717) is 61.1 Å². The van der Waals surface area contributed by atoms with Crippen LogP contribution in [-0.2, 0) is 23.9 Å². The van der Waals surface area contributed by atoms with E-state index < -0.39 is 5.60 Å². The van der Waals surface area contributed by atoms with Crippen LogP contribution in [0.1, 0.15) is 111 Å². The predicted octanol–water partition coefficient (Wildman–Crippen LogP) is 8.95. The number of aromatic nitrogens is 1. The standard InChI is InChI=1S/C44H58ClN3O5/c1-5-43-22-19-35-34-18-15-33(49)28-31(34)13-16-36(35)38(43)20-23-44(43,6-2)53-42(51)12-8-11-41(50)52-27-26-48(7-3)25-9-10-30(4)47-39-21-24-46-40-29-32(45)14-17-37(39)40/h2,14,17,21,24,28-30,34-36,38H,5,7-13,15-16,18-20,22-23,25-27H2,1,3-4H3,(H,46,47). The first-order valence-electron chi connectivity index (χ1n) is 20.2. The molecule has 3 fully saturated rings. The van der Waals surface area contributed by atoms with E-state index in [1.165, 1.54) is 5.57 Å². The molecule has 1 heterocycles. The second kappa shape index (κ2) is 17.4. The fraction of sp³-hybridized carbons (Fsp3) is 0.636. The highest BCUT2D eigenvalue weighted by molar-refractivity contribution is 6.31. The summed E-state index contributed by atoms with van der Waals surface area (Å²) in [4.78, 5) is 44.8. The summed E-state index contributed by atoms with van der Waals surface area (Å²) in [6.07, 6.45) is 21.1. The fourth-order valence-electron chi connectivity index (χ4n) is 10.7. The van der Waals surface area contributed by atoms with Crippen molar-refractivity contribution in [3.8, 4) is 12.3 Å². The van der Waals surface area contributed by atoms with Crippen LogP contribution in [0, 0.1) is 41.4 Å². The van der Waals surface area contributed by atoms with E-state index in [9.17, 15) is 14.4 Å². The molecule has 1 N–H and O–H groups in total. The lowest BCUT2D eigenvalue weighted by atomic mass is 9.49. The summed E-state index contributed by atoms with van der Waals surface area (Å²) in [6, 6.07) is 8.05. The maximum absolute atomic E-state index is 13.3. The minimum Gasteiger partial charge on any atom is -0.464 e. The first-order chi connectivity index (χ1) is 25.6. The van der Waals surface area contributed by atoms with Gasteiger partial charge >= 0.3 is 11.9 Å². The van der Waals surface area contributed by atoms with Crippen molar-refractivity contribution < 1.29 is 23.9 Å². The largest absolute Gasteiger partial charge is 0.464 e. The number of pyridine rings is 1. The van der Waals surface area contributed by atoms with E-state index in [2.05, 4.69) is 41.9 Å². The second-order valence-electron chi connectivity index (χ2n) is 16.1. The average molecular weight is 744 g/mol. The van der Waals surface area contributed by atoms with Gasteiger partial charge in [-0.1, -0.05) is 36.9 Å². The predicted molar refractivity (Wildman–Crippen MR) is 210 cm³/mol. The van der Waals surface area contributed by atoms with E-state index in [4.69, 9.17) is 27.5 Å². The molecule has 0 bridgehead atoms. The third kappa shape index (κ3) is 8.47. The summed E-state index contributed by atoms with van der Waals surface area (Å²) in [7, 11) is 0. The van der Waals surface area contributed by atoms with Crippen LogP contribution in [0.15, 0.2) is 42.1 Å². The topological polar surface area (TPSA) is 97.8 Å². The molecule has 0 radical (unpaired) electrons. The van der Waals surface area contributed by atoms with Crippen molar-refractivity contribution >= 4 is 45.9 Å². The van der Waals surface area contributed by atoms with Crippen molar-refractivity contribution in [3.63, 3.8) is 0 Å². The number of fused-ring (bicyclic) bond motifs is 6. The van der Waals surface area contributed by atoms with Crippen molar-refractivity contribution in [1.82, 2.24) is 9.88 Å². The molecule has 0 saturated heterocycles. The SMILES string of the molecule is C#CC1(OC(=O)CCCC(=O)OCCN(CC)CCCC(C)Nc2ccnc3cc(Cl)ccc23)CCC2C3CCC4=CC(=O)CCC4C3CCC21CC. The second-order valence-corrected chi connectivity index (χ2v) is 16.5. The van der Waals surface area contributed by atoms with E-state index in [1.807, 2.05) is 30.3 Å². The average Bonchev–Trinajstić information content (AvgIpc) is 3.48. The molecule has 286 valence electrons. The molecule has 2 aromatic rings. The van der Waals surface area contributed by atoms with Gasteiger partial charge in [0.2, 0.25) is 0 Å². The summed E-state index contributed by atoms with van der Waals surface area (Å²) in [5.74, 6) is 4.83. The smallest absolute Gasteiger partial charge is 0.307 e. The molecule has 7 unspecified atom stereocenters. The van der Waals surface area contributed by atoms with Crippen LogP contribution >= 0.6 is 11.6 Å². The van der Waals surface area contributed by atoms with Gasteiger partial charge in [-0.15, -0.1) is 6.42 Å². The van der Waals surface area contributed by atoms with E-state index in [0.717, 1.165) is 87.5 Å². The van der Waals surface area contributed by atoms with Gasteiger partial charge in [0.05, 0.1) is 5.52 Å². The molecule has 0 aliphatic heterocycles. The maximum atomic E-state index is 13.3. The van der Waals surface area contributed by atoms with Gasteiger partial charge < -0.3 is 19.7 Å². The lowest BCUT2D eigenvalue weighted by Crippen LogP contribution is -2.55. The summed E-state index contributed by atoms with van der Waals surface area (Å²) in [5.41, 5.74) is 2.19. The first-order valence-corrected chi connectivity index (χ1v) is 20.6. The number of likely N-dealkylation sites (N-methyl/N-ethyl adjacent to an activating group) is 1. The molecule has 0 amide bonds. The molecule has 4 aliphatic carbocycles. The minimum absolute atomic E-state index is 0.148. The van der Waals surface area contributed by atoms with Crippen LogP contribution in [-0.4, -0.2) is 65.5 Å². The van der Waals surface area contributed by atoms with Gasteiger partial charge in [-0.2, -0.15) is 0 Å². The number of nitrogens with one attached hydrogen (secondary N) is 1. The van der Waals surface area contributed by atoms with Gasteiger partial charge in [-0.25, -0.2) is 0 Å². The molecule has 3 saturated carbocycles. The Morgan fingerprint density at radius 3 is 2.68 bits per heavy atom. The van der Waals surface area contributed by atoms with Gasteiger partial charge in [0.1, 0.15) is 6.61 Å². The molecule has 4 aliphatic rings. The number of carbonyl (C=O) groups is 3. The number of ketones is 1. The van der Waals surface area contributed by atoms with Crippen LogP contribution in [0.2, 0.25) is 5.02 Å². The summed E-state index contributed by atoms with van der Waals surface area (Å²) >= 11 is 6.14. The van der Waals surface area contributed by atoms with Gasteiger partial charge in [0.25, 0.3) is 0 Å². The Balaban J connectivity index is 0.902. The zero-order valence-electron chi connectivity index (χ0n) is 32.0. The zero-order chi connectivity index (χ0) is 37.6. The minimum atomic E-state index is -0.896. The molecular formula is C44H58ClN3O5. The van der Waals surface area contributed by atoms with Gasteiger partial charge in [0, 0.05) is 59.6 Å². The molecule has 9 heteroatoms. The van der Waals surface area contributed by atoms with Gasteiger partial charge in [-0.05, 0) is 145 Å². The first kappa shape index (κ1) is 39.3. The number of esters is 2. The number of rotatable bonds is 16. The third-order valence-electron chi connectivity index (χ3n) is 13.4. The number of anilines is 1. The van der Waals surface area contributed by atoms with E-state index in [1.54, 1.807) is 6.20 Å². The summed E-state index contributed by atoms with van der Waals surface area (Å²) < 4.78 is 11.9. The van der Waals surface area contributed by atoms with Gasteiger partial charge in [-0.3, -0.25) is 19.4 Å². The van der Waals surface area contributed by atoms with Crippen molar-refractivity contribution in [3.05, 3.63) is 47.1 Å². The Morgan fingerprint density at radius 2 is 1.89 bits per heavy atom. The molecule has 0 spiro atoms. The number of hydrogen-bond donors (Lipinski definition) is 1. The number of carbonyl (C=O) groups excluding carboxylic acids is 3. The molecular weight excluding hydrogens is 686 g/mol.